The molecule has 39 heavy (non-hydrogen) atoms. The van der Waals surface area contributed by atoms with Gasteiger partial charge in [-0.2, -0.15) is 99.5 Å². The molecule has 0 aromatic carbocycles. The fraction of sp³-hybridized carbons (Fsp3) is 1.00. The summed E-state index contributed by atoms with van der Waals surface area (Å²) in [5, 5.41) is 116. The molecule has 0 atom stereocenters. The molecule has 25 heteroatoms. The Morgan fingerprint density at radius 2 is 0.154 bits per heavy atom. The van der Waals surface area contributed by atoms with E-state index in [9.17, 15) is 0 Å². The van der Waals surface area contributed by atoms with Crippen LogP contribution in [0.5, 0.6) is 0 Å². The third kappa shape index (κ3) is 6900. The number of hydrogen-bond donors (Lipinski definition) is 0. The van der Waals surface area contributed by atoms with Crippen molar-refractivity contribution >= 4 is 0 Å². The van der Waals surface area contributed by atoms with Crippen molar-refractivity contribution in [2.24, 2.45) is 0 Å². The van der Waals surface area contributed by atoms with Crippen LogP contribution in [0, 0.1) is 0 Å². The van der Waals surface area contributed by atoms with Crippen molar-refractivity contribution in [1.29, 1.82) is 0 Å². The molecule has 0 aromatic heterocycles. The average molecular weight is 814 g/mol. The van der Waals surface area contributed by atoms with Crippen LogP contribution in [0.4, 0.5) is 0 Å². The van der Waals surface area contributed by atoms with Gasteiger partial charge in [-0.15, -0.1) is 0 Å². The van der Waals surface area contributed by atoms with Gasteiger partial charge >= 0.3 is 118 Å². The molecule has 0 aliphatic heterocycles. The van der Waals surface area contributed by atoms with Gasteiger partial charge in [-0.1, -0.05) is 0 Å². The van der Waals surface area contributed by atoms with Crippen LogP contribution < -0.4 is 71.5 Å². The van der Waals surface area contributed by atoms with E-state index in [1.54, 1.807) is 0 Å². The molecular formula is C14H42O19Ti2V4. The Kier molecular flexibility index (Phi) is 45500. The maximum atomic E-state index is 8.25. The van der Waals surface area contributed by atoms with Gasteiger partial charge in [-0.05, 0) is 0 Å². The molecule has 0 heterocycles. The zero-order chi connectivity index (χ0) is 28.0. The van der Waals surface area contributed by atoms with Crippen molar-refractivity contribution in [2.75, 3.05) is 99.5 Å². The van der Waals surface area contributed by atoms with Crippen molar-refractivity contribution in [2.45, 2.75) is 0 Å². The van der Waals surface area contributed by atoms with Gasteiger partial charge in [-0.3, -0.25) is 0 Å². The first-order valence-corrected chi connectivity index (χ1v) is 5.72. The van der Waals surface area contributed by atoms with E-state index in [0.717, 1.165) is 99.5 Å². The molecule has 19 nitrogen and oxygen atoms in total. The molecule has 240 valence electrons. The summed E-state index contributed by atoms with van der Waals surface area (Å²) >= 11 is 0. The van der Waals surface area contributed by atoms with Crippen LogP contribution in [0.25, 0.3) is 0 Å². The van der Waals surface area contributed by atoms with Gasteiger partial charge in [0.25, 0.3) is 0 Å². The first kappa shape index (κ1) is 244. The Morgan fingerprint density at radius 1 is 0.154 bits per heavy atom. The van der Waals surface area contributed by atoms with Gasteiger partial charge in [0, 0.05) is 0 Å². The Bertz CT molecular complexity index is 62.1. The second-order valence-corrected chi connectivity index (χ2v) is 0. The van der Waals surface area contributed by atoms with Crippen molar-refractivity contribution in [3.63, 3.8) is 0 Å². The quantitative estimate of drug-likeness (QED) is 0.205. The monoisotopic (exact) mass is 814 g/mol. The minimum atomic E-state index is 0. The van der Waals surface area contributed by atoms with Crippen LogP contribution >= 0.6 is 0 Å². The Hall–Kier alpha value is 3.01. The molecule has 0 saturated heterocycles. The van der Waals surface area contributed by atoms with E-state index < -0.39 is 0 Å². The SMILES string of the molecule is C[O-].C[O-].C[O-].C[O-].C[O-].C[O-].C[O-].C[O-].C[O-].C[O-].C[O-].C[O-].C[O-].C[O-].[O-2].[O-2].[O-2].[O-2].[O-2].[Ti+4].[Ti+4].[V+4].[V+4].[V+4].[V+4]. The molecule has 0 N–H and O–H groups in total. The minimum Gasteiger partial charge on any atom is -2.00 e. The van der Waals surface area contributed by atoms with Gasteiger partial charge in [0.2, 0.25) is 0 Å². The summed E-state index contributed by atoms with van der Waals surface area (Å²) in [4.78, 5) is 0. The zero-order valence-electron chi connectivity index (χ0n) is 24.5. The zero-order valence-corrected chi connectivity index (χ0v) is 33.3. The molecule has 0 bridgehead atoms. The molecule has 0 aliphatic carbocycles. The van der Waals surface area contributed by atoms with E-state index in [0.29, 0.717) is 0 Å². The van der Waals surface area contributed by atoms with Crippen molar-refractivity contribution in [3.8, 4) is 0 Å². The van der Waals surface area contributed by atoms with E-state index in [-0.39, 0.29) is 145 Å². The summed E-state index contributed by atoms with van der Waals surface area (Å²) in [6.45, 7) is 0. The van der Waals surface area contributed by atoms with Crippen LogP contribution in [0.3, 0.4) is 0 Å². The molecule has 0 unspecified atom stereocenters. The average Bonchev–Trinajstić information content (AvgIpc) is 2.95. The fourth-order valence-corrected chi connectivity index (χ4v) is 0. The fourth-order valence-electron chi connectivity index (χ4n) is 0. The van der Waals surface area contributed by atoms with Crippen LogP contribution in [0.2, 0.25) is 0 Å². The summed E-state index contributed by atoms with van der Waals surface area (Å²) in [5.74, 6) is 0. The smallest absolute Gasteiger partial charge is 2.00 e. The molecule has 0 aliphatic rings. The standard InChI is InChI=1S/14CH3O.5O.2Ti.4V/c14*1-2;;;;;;;;;;;/h14*1H3;;;;;;;;;;;/q14*-1;5*-2;6*+4. The second kappa shape index (κ2) is 7260. The van der Waals surface area contributed by atoms with E-state index in [1.807, 2.05) is 0 Å². The van der Waals surface area contributed by atoms with Crippen molar-refractivity contribution in [1.82, 2.24) is 0 Å². The summed E-state index contributed by atoms with van der Waals surface area (Å²) in [6, 6.07) is 0. The summed E-state index contributed by atoms with van der Waals surface area (Å²) in [7, 11) is 10.5. The summed E-state index contributed by atoms with van der Waals surface area (Å²) < 4.78 is 0. The van der Waals surface area contributed by atoms with E-state index >= 15 is 0 Å². The van der Waals surface area contributed by atoms with Crippen LogP contribution in [-0.4, -0.2) is 99.5 Å². The van der Waals surface area contributed by atoms with Gasteiger partial charge in [0.15, 0.2) is 0 Å². The first-order chi connectivity index (χ1) is 14.0. The Morgan fingerprint density at radius 3 is 0.154 bits per heavy atom. The summed E-state index contributed by atoms with van der Waals surface area (Å²) in [6.07, 6.45) is 0. The Balaban J connectivity index is -0.00000000230. The van der Waals surface area contributed by atoms with Crippen molar-refractivity contribution < 1.29 is 217 Å². The van der Waals surface area contributed by atoms with E-state index in [4.69, 9.17) is 71.5 Å². The molecule has 0 rings (SSSR count). The number of rotatable bonds is 0. The molecule has 0 saturated carbocycles. The van der Waals surface area contributed by atoms with Crippen LogP contribution in [-0.2, 0) is 145 Å². The molecule has 4 radical (unpaired) electrons. The molecular weight excluding hydrogens is 772 g/mol. The van der Waals surface area contributed by atoms with Crippen LogP contribution in [0.1, 0.15) is 0 Å². The topological polar surface area (TPSA) is 465 Å². The van der Waals surface area contributed by atoms with E-state index in [1.165, 1.54) is 0 Å². The normalized spacial score (nSPS) is 2.15. The van der Waals surface area contributed by atoms with Crippen LogP contribution in [0.15, 0.2) is 0 Å². The molecule has 0 aromatic rings. The maximum Gasteiger partial charge on any atom is 4.00 e. The Labute approximate surface area is 313 Å². The molecule has 0 fully saturated rings. The number of hydrogen-bond acceptors (Lipinski definition) is 14. The maximum absolute atomic E-state index is 8.25. The minimum absolute atomic E-state index is 0. The van der Waals surface area contributed by atoms with Gasteiger partial charge in [0.05, 0.1) is 0 Å². The largest absolute Gasteiger partial charge is 4.00 e. The van der Waals surface area contributed by atoms with Gasteiger partial charge in [0.1, 0.15) is 0 Å². The third-order valence-electron chi connectivity index (χ3n) is 0. The second-order valence-electron chi connectivity index (χ2n) is 0. The van der Waals surface area contributed by atoms with E-state index in [2.05, 4.69) is 0 Å². The third-order valence-corrected chi connectivity index (χ3v) is 0. The molecule has 0 spiro atoms. The predicted molar refractivity (Wildman–Crippen MR) is 86.4 cm³/mol. The first-order valence-electron chi connectivity index (χ1n) is 5.72. The molecule has 0 amide bonds. The van der Waals surface area contributed by atoms with Crippen molar-refractivity contribution in [3.05, 3.63) is 0 Å². The van der Waals surface area contributed by atoms with Gasteiger partial charge < -0.3 is 98.9 Å². The van der Waals surface area contributed by atoms with Gasteiger partial charge in [-0.25, -0.2) is 0 Å². The predicted octanol–water partition coefficient (Wildman–Crippen LogP) is -14.9. The summed E-state index contributed by atoms with van der Waals surface area (Å²) in [5.41, 5.74) is 0.